The van der Waals surface area contributed by atoms with E-state index in [0.717, 1.165) is 18.8 Å². The molecule has 1 unspecified atom stereocenters. The minimum absolute atomic E-state index is 0.181. The van der Waals surface area contributed by atoms with E-state index in [1.54, 1.807) is 6.26 Å². The first-order chi connectivity index (χ1) is 6.83. The van der Waals surface area contributed by atoms with E-state index in [1.807, 2.05) is 25.1 Å². The van der Waals surface area contributed by atoms with Crippen molar-refractivity contribution in [2.24, 2.45) is 0 Å². The summed E-state index contributed by atoms with van der Waals surface area (Å²) in [5, 5.41) is 3.19. The van der Waals surface area contributed by atoms with Gasteiger partial charge in [0.25, 0.3) is 0 Å². The van der Waals surface area contributed by atoms with Crippen molar-refractivity contribution >= 4 is 0 Å². The fourth-order valence-corrected chi connectivity index (χ4v) is 1.07. The Morgan fingerprint density at radius 3 is 3.21 bits per heavy atom. The molecular formula is C11H17NO2. The average Bonchev–Trinajstić information content (AvgIpc) is 2.68. The quantitative estimate of drug-likeness (QED) is 0.533. The molecule has 0 saturated carbocycles. The van der Waals surface area contributed by atoms with Crippen LogP contribution >= 0.6 is 0 Å². The van der Waals surface area contributed by atoms with Gasteiger partial charge in [0.15, 0.2) is 0 Å². The minimum Gasteiger partial charge on any atom is -0.467 e. The molecule has 0 aliphatic rings. The van der Waals surface area contributed by atoms with Gasteiger partial charge < -0.3 is 14.5 Å². The number of furan rings is 1. The molecule has 0 radical (unpaired) electrons. The summed E-state index contributed by atoms with van der Waals surface area (Å²) in [5.74, 6) is 0.862. The van der Waals surface area contributed by atoms with Gasteiger partial charge in [0, 0.05) is 13.1 Å². The van der Waals surface area contributed by atoms with Gasteiger partial charge in [0.1, 0.15) is 12.4 Å². The third-order valence-corrected chi connectivity index (χ3v) is 1.81. The van der Waals surface area contributed by atoms with Crippen molar-refractivity contribution in [3.05, 3.63) is 36.8 Å². The Bertz CT molecular complexity index is 244. The lowest BCUT2D eigenvalue weighted by Crippen LogP contribution is -2.26. The molecule has 1 aromatic heterocycles. The van der Waals surface area contributed by atoms with Gasteiger partial charge in [-0.2, -0.15) is 0 Å². The number of ether oxygens (including phenoxy) is 1. The maximum absolute atomic E-state index is 5.54. The van der Waals surface area contributed by atoms with E-state index in [1.165, 1.54) is 0 Å². The second-order valence-corrected chi connectivity index (χ2v) is 3.15. The van der Waals surface area contributed by atoms with Crippen molar-refractivity contribution in [2.75, 3.05) is 13.1 Å². The van der Waals surface area contributed by atoms with Crippen molar-refractivity contribution in [3.8, 4) is 0 Å². The van der Waals surface area contributed by atoms with Crippen LogP contribution < -0.4 is 5.32 Å². The smallest absolute Gasteiger partial charge is 0.129 e. The Kier molecular flexibility index (Phi) is 5.04. The van der Waals surface area contributed by atoms with Crippen LogP contribution in [0.1, 0.15) is 12.7 Å². The Hall–Kier alpha value is -1.06. The standard InChI is InChI=1S/C11H17NO2/c1-3-6-12-8-10(2)14-9-11-5-4-7-13-11/h3-5,7,10,12H,1,6,8-9H2,2H3. The highest BCUT2D eigenvalue weighted by molar-refractivity contribution is 4.96. The SMILES string of the molecule is C=CCNCC(C)OCc1ccco1. The zero-order valence-corrected chi connectivity index (χ0v) is 8.53. The van der Waals surface area contributed by atoms with E-state index in [4.69, 9.17) is 9.15 Å². The molecule has 0 aromatic carbocycles. The second-order valence-electron chi connectivity index (χ2n) is 3.15. The Labute approximate surface area is 84.8 Å². The van der Waals surface area contributed by atoms with Gasteiger partial charge in [-0.25, -0.2) is 0 Å². The number of hydrogen-bond donors (Lipinski definition) is 1. The fourth-order valence-electron chi connectivity index (χ4n) is 1.07. The molecule has 1 heterocycles. The molecule has 14 heavy (non-hydrogen) atoms. The maximum Gasteiger partial charge on any atom is 0.129 e. The number of hydrogen-bond acceptors (Lipinski definition) is 3. The van der Waals surface area contributed by atoms with Gasteiger partial charge in [0.05, 0.1) is 12.4 Å². The van der Waals surface area contributed by atoms with Crippen molar-refractivity contribution in [2.45, 2.75) is 19.6 Å². The first-order valence-electron chi connectivity index (χ1n) is 4.78. The molecule has 1 N–H and O–H groups in total. The van der Waals surface area contributed by atoms with Crippen LogP contribution in [0.2, 0.25) is 0 Å². The van der Waals surface area contributed by atoms with Crippen LogP contribution in [0.5, 0.6) is 0 Å². The van der Waals surface area contributed by atoms with Gasteiger partial charge in [0.2, 0.25) is 0 Å². The maximum atomic E-state index is 5.54. The predicted molar refractivity (Wildman–Crippen MR) is 56.0 cm³/mol. The molecule has 0 aliphatic heterocycles. The molecule has 3 nitrogen and oxygen atoms in total. The summed E-state index contributed by atoms with van der Waals surface area (Å²) in [5.41, 5.74) is 0. The summed E-state index contributed by atoms with van der Waals surface area (Å²) >= 11 is 0. The molecule has 0 fully saturated rings. The van der Waals surface area contributed by atoms with Crippen LogP contribution in [-0.2, 0) is 11.3 Å². The van der Waals surface area contributed by atoms with E-state index >= 15 is 0 Å². The molecule has 1 atom stereocenters. The fraction of sp³-hybridized carbons (Fsp3) is 0.455. The molecular weight excluding hydrogens is 178 g/mol. The molecule has 0 saturated heterocycles. The van der Waals surface area contributed by atoms with Gasteiger partial charge in [-0.15, -0.1) is 6.58 Å². The highest BCUT2D eigenvalue weighted by Crippen LogP contribution is 2.03. The zero-order valence-electron chi connectivity index (χ0n) is 8.53. The monoisotopic (exact) mass is 195 g/mol. The summed E-state index contributed by atoms with van der Waals surface area (Å²) < 4.78 is 10.7. The molecule has 1 rings (SSSR count). The van der Waals surface area contributed by atoms with Crippen LogP contribution in [0.25, 0.3) is 0 Å². The minimum atomic E-state index is 0.181. The predicted octanol–water partition coefficient (Wildman–Crippen LogP) is 1.96. The third-order valence-electron chi connectivity index (χ3n) is 1.81. The van der Waals surface area contributed by atoms with E-state index < -0.39 is 0 Å². The molecule has 1 aromatic rings. The largest absolute Gasteiger partial charge is 0.467 e. The van der Waals surface area contributed by atoms with Crippen molar-refractivity contribution in [1.82, 2.24) is 5.32 Å². The second kappa shape index (κ2) is 6.40. The molecule has 0 bridgehead atoms. The Morgan fingerprint density at radius 2 is 2.57 bits per heavy atom. The number of rotatable bonds is 7. The Morgan fingerprint density at radius 1 is 1.71 bits per heavy atom. The Balaban J connectivity index is 2.08. The first kappa shape index (κ1) is 11.0. The van der Waals surface area contributed by atoms with Gasteiger partial charge in [-0.3, -0.25) is 0 Å². The topological polar surface area (TPSA) is 34.4 Å². The first-order valence-corrected chi connectivity index (χ1v) is 4.78. The molecule has 78 valence electrons. The summed E-state index contributed by atoms with van der Waals surface area (Å²) in [6.07, 6.45) is 3.67. The lowest BCUT2D eigenvalue weighted by molar-refractivity contribution is 0.0436. The average molecular weight is 195 g/mol. The highest BCUT2D eigenvalue weighted by atomic mass is 16.5. The van der Waals surface area contributed by atoms with Crippen LogP contribution in [0.4, 0.5) is 0 Å². The van der Waals surface area contributed by atoms with Crippen molar-refractivity contribution in [1.29, 1.82) is 0 Å². The molecule has 3 heteroatoms. The van der Waals surface area contributed by atoms with Gasteiger partial charge in [-0.1, -0.05) is 6.08 Å². The van der Waals surface area contributed by atoms with Crippen LogP contribution in [0.3, 0.4) is 0 Å². The van der Waals surface area contributed by atoms with Gasteiger partial charge >= 0.3 is 0 Å². The zero-order chi connectivity index (χ0) is 10.2. The lowest BCUT2D eigenvalue weighted by Gasteiger charge is -2.11. The molecule has 0 spiro atoms. The number of nitrogens with one attached hydrogen (secondary N) is 1. The summed E-state index contributed by atoms with van der Waals surface area (Å²) in [4.78, 5) is 0. The summed E-state index contributed by atoms with van der Waals surface area (Å²) in [6, 6.07) is 3.77. The van der Waals surface area contributed by atoms with Gasteiger partial charge in [-0.05, 0) is 19.1 Å². The van der Waals surface area contributed by atoms with Crippen LogP contribution in [0, 0.1) is 0 Å². The van der Waals surface area contributed by atoms with Crippen LogP contribution in [-0.4, -0.2) is 19.2 Å². The highest BCUT2D eigenvalue weighted by Gasteiger charge is 2.02. The van der Waals surface area contributed by atoms with E-state index in [0.29, 0.717) is 6.61 Å². The van der Waals surface area contributed by atoms with Crippen molar-refractivity contribution in [3.63, 3.8) is 0 Å². The normalized spacial score (nSPS) is 12.6. The van der Waals surface area contributed by atoms with Crippen molar-refractivity contribution < 1.29 is 9.15 Å². The summed E-state index contributed by atoms with van der Waals surface area (Å²) in [6.45, 7) is 7.82. The molecule has 0 amide bonds. The lowest BCUT2D eigenvalue weighted by atomic mass is 10.4. The third kappa shape index (κ3) is 4.25. The van der Waals surface area contributed by atoms with Crippen LogP contribution in [0.15, 0.2) is 35.5 Å². The van der Waals surface area contributed by atoms with E-state index in [2.05, 4.69) is 11.9 Å². The molecule has 0 aliphatic carbocycles. The van der Waals surface area contributed by atoms with E-state index in [-0.39, 0.29) is 6.10 Å². The summed E-state index contributed by atoms with van der Waals surface area (Å²) in [7, 11) is 0. The van der Waals surface area contributed by atoms with E-state index in [9.17, 15) is 0 Å².